The van der Waals surface area contributed by atoms with Gasteiger partial charge in [-0.25, -0.2) is 0 Å². The molecule has 3 rings (SSSR count). The molecule has 0 unspecified atom stereocenters. The summed E-state index contributed by atoms with van der Waals surface area (Å²) in [5.41, 5.74) is 1.12. The van der Waals surface area contributed by atoms with Crippen LogP contribution < -0.4 is 5.32 Å². The van der Waals surface area contributed by atoms with Crippen molar-refractivity contribution >= 4 is 16.7 Å². The molecule has 0 saturated carbocycles. The Labute approximate surface area is 105 Å². The number of hydrogen-bond acceptors (Lipinski definition) is 2. The smallest absolute Gasteiger partial charge is 0.321 e. The van der Waals surface area contributed by atoms with E-state index in [4.69, 9.17) is 0 Å². The van der Waals surface area contributed by atoms with E-state index in [-0.39, 0.29) is 5.92 Å². The summed E-state index contributed by atoms with van der Waals surface area (Å²) < 4.78 is 0. The van der Waals surface area contributed by atoms with Gasteiger partial charge in [-0.15, -0.1) is 0 Å². The molecule has 2 N–H and O–H groups in total. The van der Waals surface area contributed by atoms with Gasteiger partial charge in [0.25, 0.3) is 0 Å². The quantitative estimate of drug-likeness (QED) is 0.848. The van der Waals surface area contributed by atoms with Crippen LogP contribution >= 0.6 is 0 Å². The molecule has 92 valence electrons. The molecule has 3 heteroatoms. The van der Waals surface area contributed by atoms with Gasteiger partial charge in [-0.3, -0.25) is 4.79 Å². The van der Waals surface area contributed by atoms with Crippen LogP contribution in [0.15, 0.2) is 42.5 Å². The summed E-state index contributed by atoms with van der Waals surface area (Å²) in [6.45, 7) is 0.772. The highest BCUT2D eigenvalue weighted by Crippen LogP contribution is 2.30. The zero-order chi connectivity index (χ0) is 12.5. The molecule has 18 heavy (non-hydrogen) atoms. The summed E-state index contributed by atoms with van der Waals surface area (Å²) in [5, 5.41) is 14.6. The summed E-state index contributed by atoms with van der Waals surface area (Å²) in [4.78, 5) is 11.2. The monoisotopic (exact) mass is 241 g/mol. The number of fused-ring (bicyclic) bond motifs is 1. The molecule has 0 aromatic heterocycles. The fraction of sp³-hybridized carbons (Fsp3) is 0.267. The van der Waals surface area contributed by atoms with Crippen LogP contribution in [0, 0.1) is 0 Å². The molecule has 0 amide bonds. The largest absolute Gasteiger partial charge is 0.480 e. The van der Waals surface area contributed by atoms with E-state index in [1.165, 1.54) is 10.8 Å². The van der Waals surface area contributed by atoms with Gasteiger partial charge in [0.1, 0.15) is 6.04 Å². The zero-order valence-corrected chi connectivity index (χ0v) is 9.97. The highest BCUT2D eigenvalue weighted by Gasteiger charge is 2.33. The maximum absolute atomic E-state index is 11.2. The molecule has 0 spiro atoms. The Morgan fingerprint density at radius 1 is 1.17 bits per heavy atom. The lowest BCUT2D eigenvalue weighted by Crippen LogP contribution is -2.34. The van der Waals surface area contributed by atoms with Crippen molar-refractivity contribution in [1.29, 1.82) is 0 Å². The predicted octanol–water partition coefficient (Wildman–Crippen LogP) is 2.37. The van der Waals surface area contributed by atoms with E-state index in [0.29, 0.717) is 0 Å². The maximum atomic E-state index is 11.2. The zero-order valence-electron chi connectivity index (χ0n) is 9.97. The van der Waals surface area contributed by atoms with E-state index in [2.05, 4.69) is 35.6 Å². The molecule has 1 aliphatic rings. The topological polar surface area (TPSA) is 49.3 Å². The molecule has 0 bridgehead atoms. The molecule has 3 nitrogen and oxygen atoms in total. The van der Waals surface area contributed by atoms with Crippen LogP contribution in [0.2, 0.25) is 0 Å². The first-order valence-corrected chi connectivity index (χ1v) is 6.20. The van der Waals surface area contributed by atoms with Crippen LogP contribution in [0.3, 0.4) is 0 Å². The summed E-state index contributed by atoms with van der Waals surface area (Å²) in [6.07, 6.45) is 0.884. The fourth-order valence-corrected chi connectivity index (χ4v) is 2.76. The van der Waals surface area contributed by atoms with Crippen LogP contribution in [-0.4, -0.2) is 23.7 Å². The minimum absolute atomic E-state index is 0.0760. The van der Waals surface area contributed by atoms with E-state index in [1.807, 2.05) is 12.1 Å². The first kappa shape index (κ1) is 11.2. The van der Waals surface area contributed by atoms with E-state index in [1.54, 1.807) is 0 Å². The van der Waals surface area contributed by atoms with E-state index in [0.717, 1.165) is 18.5 Å². The van der Waals surface area contributed by atoms with Crippen LogP contribution in [0.4, 0.5) is 0 Å². The Morgan fingerprint density at radius 3 is 2.72 bits per heavy atom. The number of nitrogens with one attached hydrogen (secondary N) is 1. The first-order valence-electron chi connectivity index (χ1n) is 6.20. The van der Waals surface area contributed by atoms with Gasteiger partial charge in [-0.2, -0.15) is 0 Å². The van der Waals surface area contributed by atoms with E-state index in [9.17, 15) is 9.90 Å². The molecule has 1 heterocycles. The third-order valence-corrected chi connectivity index (χ3v) is 3.69. The summed E-state index contributed by atoms with van der Waals surface area (Å²) in [7, 11) is 0. The predicted molar refractivity (Wildman–Crippen MR) is 70.7 cm³/mol. The average molecular weight is 241 g/mol. The van der Waals surface area contributed by atoms with Gasteiger partial charge >= 0.3 is 5.97 Å². The number of carbonyl (C=O) groups is 1. The number of hydrogen-bond donors (Lipinski definition) is 2. The molecule has 1 fully saturated rings. The van der Waals surface area contributed by atoms with E-state index < -0.39 is 12.0 Å². The number of benzene rings is 2. The molecular weight excluding hydrogens is 226 g/mol. The molecule has 0 aliphatic carbocycles. The Morgan fingerprint density at radius 2 is 1.94 bits per heavy atom. The van der Waals surface area contributed by atoms with Crippen LogP contribution in [0.1, 0.15) is 17.9 Å². The molecular formula is C15H15NO2. The van der Waals surface area contributed by atoms with Crippen molar-refractivity contribution in [3.63, 3.8) is 0 Å². The highest BCUT2D eigenvalue weighted by atomic mass is 16.4. The minimum atomic E-state index is -0.759. The third kappa shape index (κ3) is 1.87. The summed E-state index contributed by atoms with van der Waals surface area (Å²) in [5.74, 6) is -0.683. The van der Waals surface area contributed by atoms with Crippen molar-refractivity contribution in [1.82, 2.24) is 5.32 Å². The van der Waals surface area contributed by atoms with Gasteiger partial charge in [-0.1, -0.05) is 42.5 Å². The normalized spacial score (nSPS) is 23.3. The van der Waals surface area contributed by atoms with Gasteiger partial charge in [-0.05, 0) is 29.3 Å². The Bertz CT molecular complexity index is 594. The lowest BCUT2D eigenvalue weighted by molar-refractivity contribution is -0.139. The molecule has 2 aromatic rings. The van der Waals surface area contributed by atoms with Crippen LogP contribution in [-0.2, 0) is 4.79 Å². The van der Waals surface area contributed by atoms with Crippen molar-refractivity contribution in [3.05, 3.63) is 48.0 Å². The number of rotatable bonds is 2. The van der Waals surface area contributed by atoms with Crippen molar-refractivity contribution in [2.45, 2.75) is 18.4 Å². The average Bonchev–Trinajstić information content (AvgIpc) is 2.87. The van der Waals surface area contributed by atoms with Crippen molar-refractivity contribution in [3.8, 4) is 0 Å². The summed E-state index contributed by atoms with van der Waals surface area (Å²) >= 11 is 0. The van der Waals surface area contributed by atoms with Gasteiger partial charge in [0.05, 0.1) is 0 Å². The van der Waals surface area contributed by atoms with Gasteiger partial charge in [0.15, 0.2) is 0 Å². The Kier molecular flexibility index (Phi) is 2.76. The third-order valence-electron chi connectivity index (χ3n) is 3.69. The maximum Gasteiger partial charge on any atom is 0.321 e. The van der Waals surface area contributed by atoms with Crippen LogP contribution in [0.25, 0.3) is 10.8 Å². The first-order chi connectivity index (χ1) is 8.75. The van der Waals surface area contributed by atoms with Gasteiger partial charge in [0.2, 0.25) is 0 Å². The van der Waals surface area contributed by atoms with Crippen LogP contribution in [0.5, 0.6) is 0 Å². The number of carboxylic acids is 1. The van der Waals surface area contributed by atoms with E-state index >= 15 is 0 Å². The molecule has 2 aromatic carbocycles. The van der Waals surface area contributed by atoms with Crippen molar-refractivity contribution in [2.24, 2.45) is 0 Å². The fourth-order valence-electron chi connectivity index (χ4n) is 2.76. The molecule has 1 saturated heterocycles. The SMILES string of the molecule is O=C(O)[C@H]1NCC[C@@H]1c1ccc2ccccc2c1. The van der Waals surface area contributed by atoms with Gasteiger partial charge in [0, 0.05) is 5.92 Å². The molecule has 0 radical (unpaired) electrons. The lowest BCUT2D eigenvalue weighted by atomic mass is 9.90. The van der Waals surface area contributed by atoms with Crippen molar-refractivity contribution in [2.75, 3.05) is 6.54 Å². The Balaban J connectivity index is 2.01. The standard InChI is InChI=1S/C15H15NO2/c17-15(18)14-13(7-8-16-14)12-6-5-10-3-1-2-4-11(10)9-12/h1-6,9,13-14,16H,7-8H2,(H,17,18)/t13-,14+/m1/s1. The second-order valence-corrected chi connectivity index (χ2v) is 4.77. The highest BCUT2D eigenvalue weighted by molar-refractivity contribution is 5.83. The number of aliphatic carboxylic acids is 1. The van der Waals surface area contributed by atoms with Gasteiger partial charge < -0.3 is 10.4 Å². The molecule has 2 atom stereocenters. The number of carboxylic acid groups (broad SMARTS) is 1. The minimum Gasteiger partial charge on any atom is -0.480 e. The summed E-state index contributed by atoms with van der Waals surface area (Å²) in [6, 6.07) is 13.9. The Hall–Kier alpha value is -1.87. The lowest BCUT2D eigenvalue weighted by Gasteiger charge is -2.16. The van der Waals surface area contributed by atoms with Crippen molar-refractivity contribution < 1.29 is 9.90 Å². The molecule has 1 aliphatic heterocycles. The second kappa shape index (κ2) is 4.42. The second-order valence-electron chi connectivity index (χ2n) is 4.77.